The Balaban J connectivity index is 1.76. The fourth-order valence-corrected chi connectivity index (χ4v) is 2.28. The molecule has 1 amide bonds. The third-order valence-corrected chi connectivity index (χ3v) is 3.78. The van der Waals surface area contributed by atoms with E-state index in [1.54, 1.807) is 30.3 Å². The van der Waals surface area contributed by atoms with Gasteiger partial charge in [0.2, 0.25) is 0 Å². The van der Waals surface area contributed by atoms with Gasteiger partial charge in [0.05, 0.1) is 6.26 Å². The van der Waals surface area contributed by atoms with E-state index in [4.69, 9.17) is 20.8 Å². The summed E-state index contributed by atoms with van der Waals surface area (Å²) in [5.41, 5.74) is 0.888. The third kappa shape index (κ3) is 5.30. The van der Waals surface area contributed by atoms with E-state index in [2.05, 4.69) is 5.32 Å². The number of rotatable bonds is 7. The first-order valence-electron chi connectivity index (χ1n) is 7.35. The summed E-state index contributed by atoms with van der Waals surface area (Å²) in [7, 11) is 0. The number of furan rings is 1. The summed E-state index contributed by atoms with van der Waals surface area (Å²) in [4.78, 5) is 11.9. The molecule has 0 aliphatic rings. The zero-order valence-corrected chi connectivity index (χ0v) is 13.8. The highest BCUT2D eigenvalue weighted by Gasteiger charge is 2.16. The summed E-state index contributed by atoms with van der Waals surface area (Å²) < 4.78 is 10.6. The normalized spacial score (nSPS) is 13.4. The Morgan fingerprint density at radius 3 is 2.87 bits per heavy atom. The molecule has 0 spiro atoms. The molecule has 0 aliphatic carbocycles. The van der Waals surface area contributed by atoms with Gasteiger partial charge >= 0.3 is 0 Å². The van der Waals surface area contributed by atoms with Crippen LogP contribution in [0.4, 0.5) is 0 Å². The number of carbonyl (C=O) groups is 1. The highest BCUT2D eigenvalue weighted by Crippen LogP contribution is 2.21. The molecule has 0 bridgehead atoms. The molecule has 0 radical (unpaired) electrons. The van der Waals surface area contributed by atoms with E-state index in [9.17, 15) is 9.90 Å². The number of aliphatic hydroxyl groups excluding tert-OH is 1. The zero-order valence-electron chi connectivity index (χ0n) is 13.1. The van der Waals surface area contributed by atoms with Crippen molar-refractivity contribution in [2.45, 2.75) is 32.4 Å². The van der Waals surface area contributed by atoms with Crippen LogP contribution in [0.25, 0.3) is 0 Å². The second-order valence-electron chi connectivity index (χ2n) is 5.44. The Kier molecular flexibility index (Phi) is 6.07. The summed E-state index contributed by atoms with van der Waals surface area (Å²) in [6, 6.07) is 8.42. The molecule has 23 heavy (non-hydrogen) atoms. The quantitative estimate of drug-likeness (QED) is 0.813. The monoisotopic (exact) mass is 337 g/mol. The Morgan fingerprint density at radius 1 is 1.43 bits per heavy atom. The molecule has 5 nitrogen and oxygen atoms in total. The van der Waals surface area contributed by atoms with Gasteiger partial charge in [-0.05, 0) is 49.7 Å². The lowest BCUT2D eigenvalue weighted by molar-refractivity contribution is -0.123. The van der Waals surface area contributed by atoms with Gasteiger partial charge in [0.15, 0.2) is 6.61 Å². The van der Waals surface area contributed by atoms with Gasteiger partial charge in [0.1, 0.15) is 17.6 Å². The number of hydrogen-bond donors (Lipinski definition) is 2. The Hall–Kier alpha value is -1.98. The summed E-state index contributed by atoms with van der Waals surface area (Å²) in [5.74, 6) is 0.820. The third-order valence-electron chi connectivity index (χ3n) is 3.36. The minimum atomic E-state index is -0.750. The maximum absolute atomic E-state index is 11.9. The lowest BCUT2D eigenvalue weighted by atomic mass is 10.1. The van der Waals surface area contributed by atoms with E-state index < -0.39 is 6.10 Å². The molecule has 2 atom stereocenters. The van der Waals surface area contributed by atoms with Crippen LogP contribution in [0.3, 0.4) is 0 Å². The Bertz CT molecular complexity index is 642. The number of carbonyl (C=O) groups excluding carboxylic acids is 1. The van der Waals surface area contributed by atoms with Crippen LogP contribution >= 0.6 is 11.6 Å². The van der Waals surface area contributed by atoms with Crippen LogP contribution in [0.5, 0.6) is 5.75 Å². The van der Waals surface area contributed by atoms with Crippen LogP contribution in [0.2, 0.25) is 5.02 Å². The van der Waals surface area contributed by atoms with E-state index in [1.165, 1.54) is 6.26 Å². The zero-order chi connectivity index (χ0) is 16.8. The molecular formula is C17H20ClNO4. The van der Waals surface area contributed by atoms with Crippen molar-refractivity contribution in [1.82, 2.24) is 5.32 Å². The van der Waals surface area contributed by atoms with Gasteiger partial charge in [-0.3, -0.25) is 4.79 Å². The van der Waals surface area contributed by atoms with Crippen LogP contribution in [-0.4, -0.2) is 23.7 Å². The van der Waals surface area contributed by atoms with Crippen molar-refractivity contribution in [2.75, 3.05) is 6.61 Å². The second kappa shape index (κ2) is 8.04. The van der Waals surface area contributed by atoms with Gasteiger partial charge in [-0.2, -0.15) is 0 Å². The van der Waals surface area contributed by atoms with Crippen molar-refractivity contribution in [3.8, 4) is 5.75 Å². The van der Waals surface area contributed by atoms with Crippen molar-refractivity contribution in [2.24, 2.45) is 0 Å². The fourth-order valence-electron chi connectivity index (χ4n) is 2.16. The molecule has 6 heteroatoms. The predicted octanol–water partition coefficient (Wildman–Crippen LogP) is 3.25. The minimum absolute atomic E-state index is 0.0950. The van der Waals surface area contributed by atoms with E-state index in [0.717, 1.165) is 5.56 Å². The lowest BCUT2D eigenvalue weighted by Gasteiger charge is -2.17. The predicted molar refractivity (Wildman–Crippen MR) is 87.6 cm³/mol. The first-order valence-corrected chi connectivity index (χ1v) is 7.73. The fraction of sp³-hybridized carbons (Fsp3) is 0.353. The molecule has 1 aromatic heterocycles. The molecule has 2 rings (SSSR count). The number of aliphatic hydroxyl groups is 1. The van der Waals surface area contributed by atoms with Gasteiger partial charge < -0.3 is 19.6 Å². The number of amides is 1. The molecule has 1 aromatic carbocycles. The van der Waals surface area contributed by atoms with Gasteiger partial charge in [-0.25, -0.2) is 0 Å². The topological polar surface area (TPSA) is 71.7 Å². The molecule has 2 aromatic rings. The molecule has 0 fully saturated rings. The summed E-state index contributed by atoms with van der Waals surface area (Å²) in [6.07, 6.45) is 1.11. The van der Waals surface area contributed by atoms with E-state index in [0.29, 0.717) is 23.0 Å². The molecule has 124 valence electrons. The largest absolute Gasteiger partial charge is 0.484 e. The molecule has 1 heterocycles. The SMILES string of the molecule is Cc1cc(OCC(=O)NC(C)CC(O)c2ccco2)ccc1Cl. The van der Waals surface area contributed by atoms with Crippen LogP contribution < -0.4 is 10.1 Å². The Morgan fingerprint density at radius 2 is 2.22 bits per heavy atom. The highest BCUT2D eigenvalue weighted by molar-refractivity contribution is 6.31. The molecule has 0 saturated carbocycles. The van der Waals surface area contributed by atoms with Crippen molar-refractivity contribution in [1.29, 1.82) is 0 Å². The molecule has 2 unspecified atom stereocenters. The minimum Gasteiger partial charge on any atom is -0.484 e. The molecular weight excluding hydrogens is 318 g/mol. The maximum Gasteiger partial charge on any atom is 0.258 e. The van der Waals surface area contributed by atoms with Gasteiger partial charge in [0.25, 0.3) is 5.91 Å². The van der Waals surface area contributed by atoms with E-state index >= 15 is 0 Å². The average molecular weight is 338 g/mol. The smallest absolute Gasteiger partial charge is 0.258 e. The van der Waals surface area contributed by atoms with Crippen molar-refractivity contribution < 1.29 is 19.1 Å². The number of hydrogen-bond acceptors (Lipinski definition) is 4. The van der Waals surface area contributed by atoms with E-state index in [-0.39, 0.29) is 18.6 Å². The number of aryl methyl sites for hydroxylation is 1. The van der Waals surface area contributed by atoms with E-state index in [1.807, 2.05) is 13.8 Å². The second-order valence-corrected chi connectivity index (χ2v) is 5.84. The summed E-state index contributed by atoms with van der Waals surface area (Å²) in [5, 5.41) is 13.4. The standard InChI is InChI=1S/C17H20ClNO4/c1-11-8-13(5-6-14(11)18)23-10-17(21)19-12(2)9-15(20)16-4-3-7-22-16/h3-8,12,15,20H,9-10H2,1-2H3,(H,19,21). The lowest BCUT2D eigenvalue weighted by Crippen LogP contribution is -2.37. The van der Waals surface area contributed by atoms with Gasteiger partial charge in [-0.15, -0.1) is 0 Å². The highest BCUT2D eigenvalue weighted by atomic mass is 35.5. The molecule has 2 N–H and O–H groups in total. The number of nitrogens with one attached hydrogen (secondary N) is 1. The molecule has 0 aliphatic heterocycles. The van der Waals surface area contributed by atoms with Crippen LogP contribution in [0.15, 0.2) is 41.0 Å². The first kappa shape index (κ1) is 17.4. The maximum atomic E-state index is 11.9. The number of benzene rings is 1. The van der Waals surface area contributed by atoms with Gasteiger partial charge in [-0.1, -0.05) is 11.6 Å². The average Bonchev–Trinajstić information content (AvgIpc) is 3.02. The van der Waals surface area contributed by atoms with Gasteiger partial charge in [0, 0.05) is 17.5 Å². The van der Waals surface area contributed by atoms with Crippen LogP contribution in [0, 0.1) is 6.92 Å². The van der Waals surface area contributed by atoms with Crippen molar-refractivity contribution >= 4 is 17.5 Å². The number of halogens is 1. The summed E-state index contributed by atoms with van der Waals surface area (Å²) >= 11 is 5.94. The van der Waals surface area contributed by atoms with Crippen LogP contribution in [0.1, 0.15) is 30.8 Å². The number of ether oxygens (including phenoxy) is 1. The van der Waals surface area contributed by atoms with Crippen molar-refractivity contribution in [3.05, 3.63) is 52.9 Å². The summed E-state index contributed by atoms with van der Waals surface area (Å²) in [6.45, 7) is 3.59. The van der Waals surface area contributed by atoms with Crippen LogP contribution in [-0.2, 0) is 4.79 Å². The first-order chi connectivity index (χ1) is 11.0. The van der Waals surface area contributed by atoms with Crippen molar-refractivity contribution in [3.63, 3.8) is 0 Å². The Labute approximate surface area is 140 Å². The molecule has 0 saturated heterocycles.